The average Bonchev–Trinajstić information content (AvgIpc) is 1.33. The van der Waals surface area contributed by atoms with Crippen LogP contribution in [0.1, 0.15) is 191 Å². The first-order chi connectivity index (χ1) is 55.0. The van der Waals surface area contributed by atoms with Gasteiger partial charge in [-0.15, -0.1) is 0 Å². The molecular formula is C106H105BN4O. The van der Waals surface area contributed by atoms with Crippen LogP contribution in [0, 0.1) is 0 Å². The number of aromatic nitrogens is 2. The Labute approximate surface area is 670 Å². The smallest absolute Gasteiger partial charge is 0.252 e. The number of hydrogen-bond donors (Lipinski definition) is 0. The second-order valence-electron chi connectivity index (χ2n) is 39.2. The molecule has 5 heterocycles. The average molecular weight is 1470 g/mol. The molecule has 2 aliphatic rings. The molecular weight excluding hydrogens is 1360 g/mol. The van der Waals surface area contributed by atoms with Crippen LogP contribution >= 0.6 is 0 Å². The minimum absolute atomic E-state index is 0.0838. The lowest BCUT2D eigenvalue weighted by Crippen LogP contribution is -2.61. The fourth-order valence-electron chi connectivity index (χ4n) is 17.6. The summed E-state index contributed by atoms with van der Waals surface area (Å²) in [7, 11) is 0. The predicted molar refractivity (Wildman–Crippen MR) is 484 cm³/mol. The lowest BCUT2D eigenvalue weighted by Gasteiger charge is -2.45. The fraction of sp³-hybridized carbons (Fsp3) is 0.264. The third kappa shape index (κ3) is 12.0. The fourth-order valence-corrected chi connectivity index (χ4v) is 17.6. The zero-order chi connectivity index (χ0) is 82.9. The Bertz CT molecular complexity index is 6680. The second kappa shape index (κ2) is 25.2. The molecule has 16 aromatic rings. The summed E-state index contributed by atoms with van der Waals surface area (Å²) >= 11 is 0. The van der Waals surface area contributed by atoms with Crippen molar-refractivity contribution in [2.24, 2.45) is 0 Å². The summed E-state index contributed by atoms with van der Waals surface area (Å²) in [6, 6.07) is 83.1. The van der Waals surface area contributed by atoms with E-state index in [4.69, 9.17) is 8.53 Å². The molecule has 0 aliphatic carbocycles. The lowest BCUT2D eigenvalue weighted by atomic mass is 9.33. The molecule has 0 saturated carbocycles. The van der Waals surface area contributed by atoms with Crippen molar-refractivity contribution in [2.75, 3.05) is 9.80 Å². The second-order valence-corrected chi connectivity index (χ2v) is 39.2. The van der Waals surface area contributed by atoms with Crippen molar-refractivity contribution >= 4 is 123 Å². The van der Waals surface area contributed by atoms with Crippen LogP contribution in [-0.2, 0) is 37.9 Å². The van der Waals surface area contributed by atoms with Gasteiger partial charge in [-0.25, -0.2) is 0 Å². The van der Waals surface area contributed by atoms with E-state index in [-0.39, 0.29) is 67.6 Å². The maximum atomic E-state index is 9.63. The maximum Gasteiger partial charge on any atom is 0.252 e. The first-order valence-corrected chi connectivity index (χ1v) is 40.2. The van der Waals surface area contributed by atoms with Crippen molar-refractivity contribution in [3.8, 4) is 44.8 Å². The Kier molecular flexibility index (Phi) is 15.0. The molecule has 0 atom stereocenters. The molecule has 18 rings (SSSR count). The Morgan fingerprint density at radius 1 is 0.259 bits per heavy atom. The van der Waals surface area contributed by atoms with E-state index in [1.54, 1.807) is 0 Å². The molecule has 2 aliphatic heterocycles. The first-order valence-electron chi connectivity index (χ1n) is 42.7. The number of hydrogen-bond acceptors (Lipinski definition) is 3. The summed E-state index contributed by atoms with van der Waals surface area (Å²) in [6.45, 7) is 47.8. The van der Waals surface area contributed by atoms with Crippen LogP contribution in [-0.4, -0.2) is 15.8 Å². The zero-order valence-electron chi connectivity index (χ0n) is 74.1. The normalized spacial score (nSPS) is 14.3. The topological polar surface area (TPSA) is 29.5 Å². The minimum atomic E-state index is -0.439. The standard InChI is InChI=1S/C106H105BN4O/c1-100(2,3)70-39-46-87-81(59-70)82-60-71(101(4,5)6)40-47-88(82)108(87)77-43-45-86-94(63-77)111(92-37-29-35-80-79-34-28-36-91(98(79)112-99(80)92)110-89-48-41-72(102(7,8)9)61-83(89)84-62-73(103(10,11)12)42-49-90(84)110)96-56-69(67-50-74(104(13,14)15)57-75(51-67)105(16,17)18)55-95-97(96)107(86)85-44-38-66(64-30-24-22-25-31-64)54-93(85)109(95)78-53-68(65-32-26-23-27-33-65)52-76(58-78)106(19,20)21/h22-63H,1-21H3/i22D,24D,25D,30D,31D. The van der Waals surface area contributed by atoms with Gasteiger partial charge in [0.25, 0.3) is 6.71 Å². The van der Waals surface area contributed by atoms with E-state index in [0.717, 1.165) is 134 Å². The summed E-state index contributed by atoms with van der Waals surface area (Å²) in [5, 5.41) is 6.79. The monoisotopic (exact) mass is 1470 g/mol. The Morgan fingerprint density at radius 3 is 1.16 bits per heavy atom. The van der Waals surface area contributed by atoms with E-state index in [1.807, 2.05) is 6.07 Å². The third-order valence-corrected chi connectivity index (χ3v) is 24.2. The molecule has 6 heteroatoms. The van der Waals surface area contributed by atoms with E-state index in [1.165, 1.54) is 54.9 Å². The van der Waals surface area contributed by atoms with Crippen molar-refractivity contribution in [3.05, 3.63) is 294 Å². The van der Waals surface area contributed by atoms with Gasteiger partial charge in [0.05, 0.1) is 40.3 Å². The van der Waals surface area contributed by atoms with Gasteiger partial charge in [0.1, 0.15) is 0 Å². The molecule has 0 saturated heterocycles. The summed E-state index contributed by atoms with van der Waals surface area (Å²) in [6.07, 6.45) is 0. The Hall–Kier alpha value is -11.1. The van der Waals surface area contributed by atoms with Crippen molar-refractivity contribution in [1.82, 2.24) is 9.13 Å². The van der Waals surface area contributed by atoms with Crippen LogP contribution in [0.15, 0.2) is 259 Å². The van der Waals surface area contributed by atoms with E-state index >= 15 is 0 Å². The van der Waals surface area contributed by atoms with Crippen molar-refractivity contribution < 1.29 is 11.3 Å². The highest BCUT2D eigenvalue weighted by Crippen LogP contribution is 2.53. The number of rotatable bonds is 7. The van der Waals surface area contributed by atoms with Crippen LogP contribution in [0.25, 0.3) is 110 Å². The molecule has 0 N–H and O–H groups in total. The Morgan fingerprint density at radius 2 is 0.670 bits per heavy atom. The molecule has 0 unspecified atom stereocenters. The lowest BCUT2D eigenvalue weighted by molar-refractivity contribution is 0.569. The van der Waals surface area contributed by atoms with Crippen LogP contribution < -0.4 is 26.2 Å². The molecule has 112 heavy (non-hydrogen) atoms. The van der Waals surface area contributed by atoms with Gasteiger partial charge in [0.2, 0.25) is 0 Å². The number of para-hydroxylation sites is 2. The molecule has 558 valence electrons. The van der Waals surface area contributed by atoms with Gasteiger partial charge in [-0.3, -0.25) is 0 Å². The van der Waals surface area contributed by atoms with E-state index in [2.05, 4.69) is 383 Å². The van der Waals surface area contributed by atoms with E-state index in [9.17, 15) is 2.74 Å². The van der Waals surface area contributed by atoms with Crippen LogP contribution in [0.4, 0.5) is 34.1 Å². The summed E-state index contributed by atoms with van der Waals surface area (Å²) in [4.78, 5) is 4.98. The van der Waals surface area contributed by atoms with Gasteiger partial charge in [0.15, 0.2) is 11.2 Å². The molecule has 13 aromatic carbocycles. The van der Waals surface area contributed by atoms with Crippen molar-refractivity contribution in [3.63, 3.8) is 0 Å². The van der Waals surface area contributed by atoms with Gasteiger partial charge < -0.3 is 23.4 Å². The highest BCUT2D eigenvalue weighted by Gasteiger charge is 2.45. The van der Waals surface area contributed by atoms with Crippen LogP contribution in [0.2, 0.25) is 0 Å². The van der Waals surface area contributed by atoms with Gasteiger partial charge in [0, 0.05) is 66.4 Å². The highest BCUT2D eigenvalue weighted by molar-refractivity contribution is 7.00. The van der Waals surface area contributed by atoms with E-state index in [0.29, 0.717) is 5.56 Å². The Balaban J connectivity index is 1.00. The summed E-state index contributed by atoms with van der Waals surface area (Å²) < 4.78 is 59.3. The number of nitrogens with zero attached hydrogens (tertiary/aromatic N) is 4. The van der Waals surface area contributed by atoms with Crippen molar-refractivity contribution in [1.29, 1.82) is 0 Å². The zero-order valence-corrected chi connectivity index (χ0v) is 69.1. The number of fused-ring (bicyclic) bond motifs is 13. The van der Waals surface area contributed by atoms with Crippen LogP contribution in [0.3, 0.4) is 0 Å². The molecule has 5 nitrogen and oxygen atoms in total. The number of anilines is 6. The third-order valence-electron chi connectivity index (χ3n) is 24.2. The van der Waals surface area contributed by atoms with Gasteiger partial charge >= 0.3 is 0 Å². The van der Waals surface area contributed by atoms with Crippen molar-refractivity contribution in [2.45, 2.75) is 183 Å². The van der Waals surface area contributed by atoms with Gasteiger partial charge in [-0.05, 0) is 230 Å². The SMILES string of the molecule is [2H]c1c([2H])c([2H])c(-c2ccc3c(c2)N(c2cc(-c4ccccc4)cc(C(C)(C)C)c2)c2cc(-c4cc(C(C)(C)C)cc(C(C)(C)C)c4)cc4c2B3c2ccc(-n3c5ccc(C(C)(C)C)cc5c5cc(C(C)(C)C)ccc53)cc2N4c2cccc3c2oc2c(-n4c5ccc(C(C)(C)C)cc5c5cc(C(C)(C)C)ccc54)cccc23)c([2H])c1[2H]. The molecule has 0 fully saturated rings. The molecule has 0 bridgehead atoms. The van der Waals surface area contributed by atoms with Gasteiger partial charge in [-0.1, -0.05) is 297 Å². The molecule has 0 radical (unpaired) electrons. The minimum Gasteiger partial charge on any atom is -0.452 e. The molecule has 0 amide bonds. The summed E-state index contributed by atoms with van der Waals surface area (Å²) in [5.41, 5.74) is 28.9. The maximum absolute atomic E-state index is 9.63. The van der Waals surface area contributed by atoms with E-state index < -0.39 is 12.8 Å². The predicted octanol–water partition coefficient (Wildman–Crippen LogP) is 27.9. The quantitative estimate of drug-likeness (QED) is 0.149. The largest absolute Gasteiger partial charge is 0.452 e. The van der Waals surface area contributed by atoms with Crippen LogP contribution in [0.5, 0.6) is 0 Å². The first kappa shape index (κ1) is 66.7. The van der Waals surface area contributed by atoms with Gasteiger partial charge in [-0.2, -0.15) is 0 Å². The molecule has 0 spiro atoms. The highest BCUT2D eigenvalue weighted by atomic mass is 16.3. The summed E-state index contributed by atoms with van der Waals surface area (Å²) in [5.74, 6) is 0. The number of benzene rings is 13. The number of furan rings is 1. The molecule has 3 aromatic heterocycles.